The Hall–Kier alpha value is -2.23. The summed E-state index contributed by atoms with van der Waals surface area (Å²) in [6.07, 6.45) is 0. The molecule has 0 radical (unpaired) electrons. The van der Waals surface area contributed by atoms with Crippen molar-refractivity contribution in [3.05, 3.63) is 53.8 Å². The van der Waals surface area contributed by atoms with E-state index >= 15 is 0 Å². The number of nitrogens with one attached hydrogen (secondary N) is 1. The normalized spacial score (nSPS) is 10.1. The molecule has 0 saturated carbocycles. The minimum atomic E-state index is -0.284. The molecule has 0 atom stereocenters. The minimum Gasteiger partial charge on any atom is -0.496 e. The highest BCUT2D eigenvalue weighted by Gasteiger charge is 2.05. The van der Waals surface area contributed by atoms with Crippen molar-refractivity contribution >= 4 is 11.4 Å². The molecule has 2 aromatic rings. The summed E-state index contributed by atoms with van der Waals surface area (Å²) in [6.45, 7) is 0.454. The largest absolute Gasteiger partial charge is 0.496 e. The first-order valence-corrected chi connectivity index (χ1v) is 5.61. The molecular formula is C14H15FN2O. The molecule has 0 unspecified atom stereocenters. The van der Waals surface area contributed by atoms with Gasteiger partial charge in [0, 0.05) is 12.1 Å². The second-order valence-corrected chi connectivity index (χ2v) is 3.90. The van der Waals surface area contributed by atoms with Gasteiger partial charge in [-0.1, -0.05) is 12.1 Å². The van der Waals surface area contributed by atoms with Crippen LogP contribution in [0.15, 0.2) is 42.5 Å². The van der Waals surface area contributed by atoms with Crippen molar-refractivity contribution in [1.29, 1.82) is 0 Å². The van der Waals surface area contributed by atoms with Crippen LogP contribution in [0.2, 0.25) is 0 Å². The number of hydrogen-bond acceptors (Lipinski definition) is 3. The number of methoxy groups -OCH3 is 1. The van der Waals surface area contributed by atoms with Crippen LogP contribution in [0.25, 0.3) is 0 Å². The van der Waals surface area contributed by atoms with Crippen LogP contribution in [0.4, 0.5) is 15.8 Å². The van der Waals surface area contributed by atoms with Gasteiger partial charge in [0.25, 0.3) is 0 Å². The summed E-state index contributed by atoms with van der Waals surface area (Å²) in [5.74, 6) is 0.368. The maximum absolute atomic E-state index is 13.2. The lowest BCUT2D eigenvalue weighted by molar-refractivity contribution is 0.409. The molecule has 2 aromatic carbocycles. The Kier molecular flexibility index (Phi) is 3.67. The van der Waals surface area contributed by atoms with Gasteiger partial charge in [-0.05, 0) is 30.3 Å². The smallest absolute Gasteiger partial charge is 0.124 e. The maximum Gasteiger partial charge on any atom is 0.124 e. The van der Waals surface area contributed by atoms with Crippen LogP contribution in [-0.2, 0) is 6.54 Å². The first-order chi connectivity index (χ1) is 8.70. The van der Waals surface area contributed by atoms with E-state index in [2.05, 4.69) is 5.32 Å². The first-order valence-electron chi connectivity index (χ1n) is 5.61. The van der Waals surface area contributed by atoms with E-state index in [9.17, 15) is 4.39 Å². The van der Waals surface area contributed by atoms with Gasteiger partial charge in [0.05, 0.1) is 18.5 Å². The fourth-order valence-corrected chi connectivity index (χ4v) is 1.73. The zero-order chi connectivity index (χ0) is 13.0. The standard InChI is InChI=1S/C14H15FN2O/c1-18-14-7-6-11(15)8-10(14)9-17-13-5-3-2-4-12(13)16/h2-8,17H,9,16H2,1H3. The van der Waals surface area contributed by atoms with Crippen molar-refractivity contribution in [1.82, 2.24) is 0 Å². The molecule has 0 heterocycles. The van der Waals surface area contributed by atoms with E-state index < -0.39 is 0 Å². The van der Waals surface area contributed by atoms with Crippen molar-refractivity contribution in [2.24, 2.45) is 0 Å². The van der Waals surface area contributed by atoms with Crippen molar-refractivity contribution in [2.45, 2.75) is 6.54 Å². The molecule has 0 aromatic heterocycles. The molecule has 0 aliphatic carbocycles. The van der Waals surface area contributed by atoms with E-state index in [4.69, 9.17) is 10.5 Å². The number of para-hydroxylation sites is 2. The summed E-state index contributed by atoms with van der Waals surface area (Å²) in [7, 11) is 1.56. The average Bonchev–Trinajstić information content (AvgIpc) is 2.38. The lowest BCUT2D eigenvalue weighted by atomic mass is 10.2. The molecule has 94 valence electrons. The van der Waals surface area contributed by atoms with Gasteiger partial charge in [-0.3, -0.25) is 0 Å². The molecule has 2 rings (SSSR count). The Morgan fingerprint density at radius 2 is 2.00 bits per heavy atom. The molecule has 0 spiro atoms. The number of nitrogen functional groups attached to an aromatic ring is 1. The molecule has 0 aliphatic heterocycles. The summed E-state index contributed by atoms with van der Waals surface area (Å²) < 4.78 is 18.4. The van der Waals surface area contributed by atoms with Gasteiger partial charge in [0.2, 0.25) is 0 Å². The van der Waals surface area contributed by atoms with E-state index in [1.807, 2.05) is 24.3 Å². The van der Waals surface area contributed by atoms with Crippen LogP contribution in [0.1, 0.15) is 5.56 Å². The summed E-state index contributed by atoms with van der Waals surface area (Å²) in [6, 6.07) is 11.9. The van der Waals surface area contributed by atoms with Crippen LogP contribution in [0.3, 0.4) is 0 Å². The Balaban J connectivity index is 2.15. The predicted molar refractivity (Wildman–Crippen MR) is 71.1 cm³/mol. The Morgan fingerprint density at radius 3 is 2.72 bits per heavy atom. The molecule has 3 nitrogen and oxygen atoms in total. The summed E-state index contributed by atoms with van der Waals surface area (Å²) in [5, 5.41) is 3.16. The quantitative estimate of drug-likeness (QED) is 0.815. The van der Waals surface area contributed by atoms with Crippen LogP contribution in [-0.4, -0.2) is 7.11 Å². The molecule has 0 aliphatic rings. The third kappa shape index (κ3) is 2.71. The molecule has 0 saturated heterocycles. The van der Waals surface area contributed by atoms with Crippen molar-refractivity contribution in [2.75, 3.05) is 18.2 Å². The van der Waals surface area contributed by atoms with Crippen molar-refractivity contribution in [3.63, 3.8) is 0 Å². The summed E-state index contributed by atoms with van der Waals surface area (Å²) >= 11 is 0. The van der Waals surface area contributed by atoms with E-state index in [0.29, 0.717) is 18.0 Å². The lowest BCUT2D eigenvalue weighted by Crippen LogP contribution is -2.04. The van der Waals surface area contributed by atoms with Crippen LogP contribution < -0.4 is 15.8 Å². The molecule has 4 heteroatoms. The SMILES string of the molecule is COc1ccc(F)cc1CNc1ccccc1N. The highest BCUT2D eigenvalue weighted by molar-refractivity contribution is 5.65. The Morgan fingerprint density at radius 1 is 1.22 bits per heavy atom. The van der Waals surface area contributed by atoms with Crippen LogP contribution in [0, 0.1) is 5.82 Å². The van der Waals surface area contributed by atoms with Gasteiger partial charge in [0.15, 0.2) is 0 Å². The number of anilines is 2. The number of hydrogen-bond donors (Lipinski definition) is 2. The van der Waals surface area contributed by atoms with E-state index in [-0.39, 0.29) is 5.82 Å². The molecule has 18 heavy (non-hydrogen) atoms. The monoisotopic (exact) mass is 246 g/mol. The fraction of sp³-hybridized carbons (Fsp3) is 0.143. The number of rotatable bonds is 4. The minimum absolute atomic E-state index is 0.284. The Bertz CT molecular complexity index is 543. The summed E-state index contributed by atoms with van der Waals surface area (Å²) in [5.41, 5.74) is 8.05. The molecular weight excluding hydrogens is 231 g/mol. The second kappa shape index (κ2) is 5.40. The predicted octanol–water partition coefficient (Wildman–Crippen LogP) is 3.03. The molecule has 0 fully saturated rings. The zero-order valence-corrected chi connectivity index (χ0v) is 10.1. The average molecular weight is 246 g/mol. The second-order valence-electron chi connectivity index (χ2n) is 3.90. The van der Waals surface area contributed by atoms with Gasteiger partial charge in [-0.15, -0.1) is 0 Å². The van der Waals surface area contributed by atoms with Gasteiger partial charge in [-0.25, -0.2) is 4.39 Å². The molecule has 0 amide bonds. The lowest BCUT2D eigenvalue weighted by Gasteiger charge is -2.12. The highest BCUT2D eigenvalue weighted by atomic mass is 19.1. The van der Waals surface area contributed by atoms with E-state index in [1.165, 1.54) is 12.1 Å². The maximum atomic E-state index is 13.2. The molecule has 3 N–H and O–H groups in total. The van der Waals surface area contributed by atoms with E-state index in [1.54, 1.807) is 13.2 Å². The van der Waals surface area contributed by atoms with Gasteiger partial charge >= 0.3 is 0 Å². The summed E-state index contributed by atoms with van der Waals surface area (Å²) in [4.78, 5) is 0. The first kappa shape index (κ1) is 12.2. The van der Waals surface area contributed by atoms with Gasteiger partial charge in [-0.2, -0.15) is 0 Å². The number of halogens is 1. The van der Waals surface area contributed by atoms with Crippen molar-refractivity contribution in [3.8, 4) is 5.75 Å². The number of nitrogens with two attached hydrogens (primary N) is 1. The topological polar surface area (TPSA) is 47.3 Å². The zero-order valence-electron chi connectivity index (χ0n) is 10.1. The van der Waals surface area contributed by atoms with Crippen molar-refractivity contribution < 1.29 is 9.13 Å². The van der Waals surface area contributed by atoms with Crippen LogP contribution in [0.5, 0.6) is 5.75 Å². The molecule has 0 bridgehead atoms. The third-order valence-corrected chi connectivity index (χ3v) is 2.67. The number of benzene rings is 2. The number of ether oxygens (including phenoxy) is 1. The third-order valence-electron chi connectivity index (χ3n) is 2.67. The Labute approximate surface area is 105 Å². The van der Waals surface area contributed by atoms with E-state index in [0.717, 1.165) is 11.3 Å². The highest BCUT2D eigenvalue weighted by Crippen LogP contribution is 2.22. The van der Waals surface area contributed by atoms with Gasteiger partial charge in [0.1, 0.15) is 11.6 Å². The van der Waals surface area contributed by atoms with Crippen LogP contribution >= 0.6 is 0 Å². The van der Waals surface area contributed by atoms with Gasteiger partial charge < -0.3 is 15.8 Å². The fourth-order valence-electron chi connectivity index (χ4n) is 1.73.